The molecule has 0 aliphatic heterocycles. The summed E-state index contributed by atoms with van der Waals surface area (Å²) in [5.74, 6) is -0.796. The molecule has 0 aliphatic carbocycles. The summed E-state index contributed by atoms with van der Waals surface area (Å²) in [6, 6.07) is 0. The van der Waals surface area contributed by atoms with E-state index in [0.29, 0.717) is 6.54 Å². The van der Waals surface area contributed by atoms with Gasteiger partial charge in [0.1, 0.15) is 0 Å². The van der Waals surface area contributed by atoms with Crippen LogP contribution in [0.1, 0.15) is 12.1 Å². The standard InChI is InChI=1S/C7H10N2O2S/c1-5-4-12-7(9-5)8-3-2-6(10)11/h4H,2-3H2,1H3,(H,8,9)(H,10,11). The first-order valence-electron chi connectivity index (χ1n) is 3.56. The van der Waals surface area contributed by atoms with Crippen LogP contribution in [0.2, 0.25) is 0 Å². The molecular formula is C7H10N2O2S. The van der Waals surface area contributed by atoms with E-state index in [0.717, 1.165) is 10.8 Å². The average molecular weight is 186 g/mol. The van der Waals surface area contributed by atoms with Crippen molar-refractivity contribution in [3.05, 3.63) is 11.1 Å². The first-order chi connectivity index (χ1) is 5.68. The molecule has 0 aliphatic rings. The number of nitrogens with one attached hydrogen (secondary N) is 1. The van der Waals surface area contributed by atoms with Gasteiger partial charge in [-0.25, -0.2) is 4.98 Å². The van der Waals surface area contributed by atoms with E-state index in [1.807, 2.05) is 12.3 Å². The number of hydrogen-bond donors (Lipinski definition) is 2. The minimum absolute atomic E-state index is 0.124. The molecule has 0 fully saturated rings. The number of rotatable bonds is 4. The van der Waals surface area contributed by atoms with Crippen LogP contribution in [0.5, 0.6) is 0 Å². The molecule has 0 radical (unpaired) electrons. The Morgan fingerprint density at radius 1 is 1.83 bits per heavy atom. The first kappa shape index (κ1) is 8.99. The highest BCUT2D eigenvalue weighted by molar-refractivity contribution is 7.13. The minimum Gasteiger partial charge on any atom is -0.481 e. The lowest BCUT2D eigenvalue weighted by Crippen LogP contribution is -2.07. The summed E-state index contributed by atoms with van der Waals surface area (Å²) in [7, 11) is 0. The zero-order valence-electron chi connectivity index (χ0n) is 6.70. The van der Waals surface area contributed by atoms with Gasteiger partial charge in [-0.3, -0.25) is 4.79 Å². The fraction of sp³-hybridized carbons (Fsp3) is 0.429. The van der Waals surface area contributed by atoms with Gasteiger partial charge in [0.2, 0.25) is 0 Å². The van der Waals surface area contributed by atoms with Gasteiger partial charge in [-0.1, -0.05) is 0 Å². The van der Waals surface area contributed by atoms with Gasteiger partial charge in [0, 0.05) is 11.9 Å². The van der Waals surface area contributed by atoms with Crippen LogP contribution in [-0.4, -0.2) is 22.6 Å². The third-order valence-corrected chi connectivity index (χ3v) is 2.15. The Hall–Kier alpha value is -1.10. The maximum atomic E-state index is 10.1. The molecule has 66 valence electrons. The number of aromatic nitrogens is 1. The van der Waals surface area contributed by atoms with E-state index in [4.69, 9.17) is 5.11 Å². The van der Waals surface area contributed by atoms with Gasteiger partial charge < -0.3 is 10.4 Å². The second kappa shape index (κ2) is 4.06. The number of aliphatic carboxylic acids is 1. The summed E-state index contributed by atoms with van der Waals surface area (Å²) in [5.41, 5.74) is 0.956. The van der Waals surface area contributed by atoms with Crippen LogP contribution in [0, 0.1) is 6.92 Å². The summed E-state index contributed by atoms with van der Waals surface area (Å²) < 4.78 is 0. The molecule has 1 aromatic rings. The van der Waals surface area contributed by atoms with Crippen LogP contribution >= 0.6 is 11.3 Å². The van der Waals surface area contributed by atoms with Gasteiger partial charge in [-0.2, -0.15) is 0 Å². The molecule has 1 rings (SSSR count). The maximum absolute atomic E-state index is 10.1. The van der Waals surface area contributed by atoms with Crippen molar-refractivity contribution in [1.29, 1.82) is 0 Å². The van der Waals surface area contributed by atoms with Crippen molar-refractivity contribution in [1.82, 2.24) is 4.98 Å². The molecule has 1 aromatic heterocycles. The van der Waals surface area contributed by atoms with Crippen LogP contribution in [0.25, 0.3) is 0 Å². The van der Waals surface area contributed by atoms with Crippen molar-refractivity contribution in [3.63, 3.8) is 0 Å². The molecule has 4 nitrogen and oxygen atoms in total. The topological polar surface area (TPSA) is 62.2 Å². The molecule has 0 atom stereocenters. The van der Waals surface area contributed by atoms with Gasteiger partial charge >= 0.3 is 5.97 Å². The second-order valence-electron chi connectivity index (χ2n) is 2.36. The number of aryl methyl sites for hydroxylation is 1. The number of anilines is 1. The molecule has 0 aromatic carbocycles. The Morgan fingerprint density at radius 3 is 3.08 bits per heavy atom. The van der Waals surface area contributed by atoms with Gasteiger partial charge in [0.05, 0.1) is 12.1 Å². The van der Waals surface area contributed by atoms with Crippen molar-refractivity contribution in [2.45, 2.75) is 13.3 Å². The van der Waals surface area contributed by atoms with E-state index in [1.54, 1.807) is 0 Å². The molecule has 0 saturated carbocycles. The summed E-state index contributed by atoms with van der Waals surface area (Å²) >= 11 is 1.49. The van der Waals surface area contributed by atoms with Crippen LogP contribution < -0.4 is 5.32 Å². The minimum atomic E-state index is -0.796. The van der Waals surface area contributed by atoms with E-state index in [9.17, 15) is 4.79 Å². The molecule has 1 heterocycles. The lowest BCUT2D eigenvalue weighted by Gasteiger charge is -1.97. The normalized spacial score (nSPS) is 9.75. The first-order valence-corrected chi connectivity index (χ1v) is 4.44. The van der Waals surface area contributed by atoms with Crippen molar-refractivity contribution in [3.8, 4) is 0 Å². The Kier molecular flexibility index (Phi) is 3.04. The summed E-state index contributed by atoms with van der Waals surface area (Å²) in [6.45, 7) is 2.33. The molecule has 2 N–H and O–H groups in total. The zero-order valence-corrected chi connectivity index (χ0v) is 7.52. The second-order valence-corrected chi connectivity index (χ2v) is 3.22. The SMILES string of the molecule is Cc1csc(NCCC(=O)O)n1. The number of carboxylic acid groups (broad SMARTS) is 1. The number of carboxylic acids is 1. The quantitative estimate of drug-likeness (QED) is 0.744. The molecule has 5 heteroatoms. The molecular weight excluding hydrogens is 176 g/mol. The predicted octanol–water partition coefficient (Wildman–Crippen LogP) is 1.34. The summed E-state index contributed by atoms with van der Waals surface area (Å²) in [4.78, 5) is 14.3. The number of hydrogen-bond acceptors (Lipinski definition) is 4. The van der Waals surface area contributed by atoms with Gasteiger partial charge in [-0.05, 0) is 6.92 Å². The Morgan fingerprint density at radius 2 is 2.58 bits per heavy atom. The Labute approximate surface area is 74.3 Å². The number of thiazole rings is 1. The number of carbonyl (C=O) groups is 1. The van der Waals surface area contributed by atoms with Crippen LogP contribution in [0.15, 0.2) is 5.38 Å². The highest BCUT2D eigenvalue weighted by Crippen LogP contribution is 2.13. The van der Waals surface area contributed by atoms with Crippen LogP contribution in [-0.2, 0) is 4.79 Å². The van der Waals surface area contributed by atoms with Crippen molar-refractivity contribution in [2.75, 3.05) is 11.9 Å². The fourth-order valence-corrected chi connectivity index (χ4v) is 1.43. The summed E-state index contributed by atoms with van der Waals surface area (Å²) in [5, 5.41) is 14.0. The molecule has 0 bridgehead atoms. The highest BCUT2D eigenvalue weighted by Gasteiger charge is 1.98. The smallest absolute Gasteiger partial charge is 0.305 e. The Bertz CT molecular complexity index is 272. The summed E-state index contributed by atoms with van der Waals surface area (Å²) in [6.07, 6.45) is 0.124. The largest absolute Gasteiger partial charge is 0.481 e. The zero-order chi connectivity index (χ0) is 8.97. The van der Waals surface area contributed by atoms with Crippen molar-refractivity contribution in [2.24, 2.45) is 0 Å². The van der Waals surface area contributed by atoms with E-state index in [-0.39, 0.29) is 6.42 Å². The lowest BCUT2D eigenvalue weighted by atomic mass is 10.4. The Balaban J connectivity index is 2.29. The lowest BCUT2D eigenvalue weighted by molar-refractivity contribution is -0.136. The van der Waals surface area contributed by atoms with E-state index in [1.165, 1.54) is 11.3 Å². The van der Waals surface area contributed by atoms with Gasteiger partial charge in [0.25, 0.3) is 0 Å². The maximum Gasteiger partial charge on any atom is 0.305 e. The van der Waals surface area contributed by atoms with Crippen LogP contribution in [0.4, 0.5) is 5.13 Å². The van der Waals surface area contributed by atoms with Gasteiger partial charge in [-0.15, -0.1) is 11.3 Å². The molecule has 12 heavy (non-hydrogen) atoms. The third kappa shape index (κ3) is 2.87. The highest BCUT2D eigenvalue weighted by atomic mass is 32.1. The van der Waals surface area contributed by atoms with E-state index >= 15 is 0 Å². The van der Waals surface area contributed by atoms with Crippen molar-refractivity contribution >= 4 is 22.4 Å². The van der Waals surface area contributed by atoms with E-state index < -0.39 is 5.97 Å². The fourth-order valence-electron chi connectivity index (χ4n) is 0.712. The third-order valence-electron chi connectivity index (χ3n) is 1.23. The molecule has 0 amide bonds. The molecule has 0 spiro atoms. The van der Waals surface area contributed by atoms with Crippen LogP contribution in [0.3, 0.4) is 0 Å². The molecule has 0 saturated heterocycles. The predicted molar refractivity (Wildman–Crippen MR) is 47.6 cm³/mol. The van der Waals surface area contributed by atoms with Gasteiger partial charge in [0.15, 0.2) is 5.13 Å². The van der Waals surface area contributed by atoms with Crippen molar-refractivity contribution < 1.29 is 9.90 Å². The average Bonchev–Trinajstić information content (AvgIpc) is 2.35. The number of nitrogens with zero attached hydrogens (tertiary/aromatic N) is 1. The van der Waals surface area contributed by atoms with E-state index in [2.05, 4.69) is 10.3 Å². The molecule has 0 unspecified atom stereocenters. The monoisotopic (exact) mass is 186 g/mol.